The SMILES string of the molecule is N#CCCN(C(=O)Nc1ccccc1F)C1CC1. The predicted octanol–water partition coefficient (Wildman–Crippen LogP) is 2.74. The molecule has 0 atom stereocenters. The minimum Gasteiger partial charge on any atom is -0.321 e. The molecule has 94 valence electrons. The van der Waals surface area contributed by atoms with Crippen LogP contribution in [-0.4, -0.2) is 23.5 Å². The Kier molecular flexibility index (Phi) is 3.78. The van der Waals surface area contributed by atoms with E-state index in [1.165, 1.54) is 12.1 Å². The Morgan fingerprint density at radius 1 is 1.50 bits per heavy atom. The Hall–Kier alpha value is -2.09. The van der Waals surface area contributed by atoms with Gasteiger partial charge in [-0.15, -0.1) is 0 Å². The maximum atomic E-state index is 13.4. The molecule has 0 saturated heterocycles. The molecule has 0 aromatic heterocycles. The minimum atomic E-state index is -0.457. The summed E-state index contributed by atoms with van der Waals surface area (Å²) < 4.78 is 13.4. The van der Waals surface area contributed by atoms with Gasteiger partial charge in [0.15, 0.2) is 0 Å². The van der Waals surface area contributed by atoms with E-state index in [-0.39, 0.29) is 17.8 Å². The largest absolute Gasteiger partial charge is 0.322 e. The fourth-order valence-corrected chi connectivity index (χ4v) is 1.76. The summed E-state index contributed by atoms with van der Waals surface area (Å²) in [6.45, 7) is 0.390. The Balaban J connectivity index is 2.01. The van der Waals surface area contributed by atoms with Crippen molar-refractivity contribution in [1.29, 1.82) is 5.26 Å². The lowest BCUT2D eigenvalue weighted by atomic mass is 10.3. The van der Waals surface area contributed by atoms with Crippen LogP contribution in [0, 0.1) is 17.1 Å². The summed E-state index contributed by atoms with van der Waals surface area (Å²) in [6, 6.07) is 7.92. The Bertz CT molecular complexity index is 479. The number of amides is 2. The zero-order chi connectivity index (χ0) is 13.0. The molecule has 18 heavy (non-hydrogen) atoms. The van der Waals surface area contributed by atoms with Crippen LogP contribution in [0.4, 0.5) is 14.9 Å². The van der Waals surface area contributed by atoms with E-state index in [4.69, 9.17) is 5.26 Å². The zero-order valence-corrected chi connectivity index (χ0v) is 9.90. The van der Waals surface area contributed by atoms with Gasteiger partial charge >= 0.3 is 6.03 Å². The number of anilines is 1. The number of halogens is 1. The second-order valence-electron chi connectivity index (χ2n) is 4.24. The molecule has 0 spiro atoms. The highest BCUT2D eigenvalue weighted by atomic mass is 19.1. The normalized spacial score (nSPS) is 13.8. The van der Waals surface area contributed by atoms with Gasteiger partial charge in [-0.3, -0.25) is 0 Å². The molecule has 1 fully saturated rings. The van der Waals surface area contributed by atoms with Gasteiger partial charge in [-0.1, -0.05) is 12.1 Å². The van der Waals surface area contributed by atoms with Crippen molar-refractivity contribution in [2.45, 2.75) is 25.3 Å². The molecule has 0 aliphatic heterocycles. The predicted molar refractivity (Wildman–Crippen MR) is 65.4 cm³/mol. The lowest BCUT2D eigenvalue weighted by Crippen LogP contribution is -2.37. The van der Waals surface area contributed by atoms with Crippen LogP contribution in [0.1, 0.15) is 19.3 Å². The third kappa shape index (κ3) is 2.98. The first-order chi connectivity index (χ1) is 8.72. The topological polar surface area (TPSA) is 56.1 Å². The van der Waals surface area contributed by atoms with E-state index in [9.17, 15) is 9.18 Å². The molecule has 0 bridgehead atoms. The van der Waals surface area contributed by atoms with Crippen molar-refractivity contribution in [3.63, 3.8) is 0 Å². The van der Waals surface area contributed by atoms with Crippen LogP contribution in [0.5, 0.6) is 0 Å². The highest BCUT2D eigenvalue weighted by Gasteiger charge is 2.32. The number of nitriles is 1. The summed E-state index contributed by atoms with van der Waals surface area (Å²) in [5, 5.41) is 11.1. The molecule has 4 nitrogen and oxygen atoms in total. The Morgan fingerprint density at radius 3 is 2.83 bits per heavy atom. The van der Waals surface area contributed by atoms with Crippen LogP contribution >= 0.6 is 0 Å². The van der Waals surface area contributed by atoms with Gasteiger partial charge in [0.2, 0.25) is 0 Å². The van der Waals surface area contributed by atoms with E-state index in [0.29, 0.717) is 13.0 Å². The number of benzene rings is 1. The Morgan fingerprint density at radius 2 is 2.22 bits per heavy atom. The van der Waals surface area contributed by atoms with Gasteiger partial charge in [0.05, 0.1) is 18.2 Å². The molecular weight excluding hydrogens is 233 g/mol. The van der Waals surface area contributed by atoms with Gasteiger partial charge in [0.25, 0.3) is 0 Å². The summed E-state index contributed by atoms with van der Waals surface area (Å²) in [6.07, 6.45) is 2.20. The summed E-state index contributed by atoms with van der Waals surface area (Å²) in [5.74, 6) is -0.457. The van der Waals surface area contributed by atoms with Crippen LogP contribution in [0.3, 0.4) is 0 Å². The number of carbonyl (C=O) groups excluding carboxylic acids is 1. The first kappa shape index (κ1) is 12.4. The third-order valence-corrected chi connectivity index (χ3v) is 2.83. The van der Waals surface area contributed by atoms with Crippen LogP contribution in [0.15, 0.2) is 24.3 Å². The van der Waals surface area contributed by atoms with Gasteiger partial charge < -0.3 is 10.2 Å². The molecule has 1 aromatic carbocycles. The summed E-state index contributed by atoms with van der Waals surface area (Å²) >= 11 is 0. The second-order valence-corrected chi connectivity index (χ2v) is 4.24. The number of hydrogen-bond donors (Lipinski definition) is 1. The molecule has 1 aromatic rings. The van der Waals surface area contributed by atoms with Crippen molar-refractivity contribution < 1.29 is 9.18 Å². The Labute approximate surface area is 105 Å². The second kappa shape index (κ2) is 5.50. The number of carbonyl (C=O) groups is 1. The first-order valence-electron chi connectivity index (χ1n) is 5.91. The average molecular weight is 247 g/mol. The van der Waals surface area contributed by atoms with Crippen molar-refractivity contribution in [2.24, 2.45) is 0 Å². The van der Waals surface area contributed by atoms with Crippen LogP contribution in [0.2, 0.25) is 0 Å². The number of nitrogens with one attached hydrogen (secondary N) is 1. The molecule has 5 heteroatoms. The lowest BCUT2D eigenvalue weighted by Gasteiger charge is -2.21. The van der Waals surface area contributed by atoms with Crippen molar-refractivity contribution in [2.75, 3.05) is 11.9 Å². The lowest BCUT2D eigenvalue weighted by molar-refractivity contribution is 0.210. The number of nitrogens with zero attached hydrogens (tertiary/aromatic N) is 2. The van der Waals surface area contributed by atoms with Gasteiger partial charge in [-0.25, -0.2) is 9.18 Å². The fraction of sp³-hybridized carbons (Fsp3) is 0.385. The quantitative estimate of drug-likeness (QED) is 0.889. The zero-order valence-electron chi connectivity index (χ0n) is 9.90. The van der Waals surface area contributed by atoms with E-state index in [0.717, 1.165) is 12.8 Å². The van der Waals surface area contributed by atoms with Crippen molar-refractivity contribution >= 4 is 11.7 Å². The number of rotatable bonds is 4. The number of hydrogen-bond acceptors (Lipinski definition) is 2. The molecular formula is C13H14FN3O. The van der Waals surface area contributed by atoms with Crippen LogP contribution in [-0.2, 0) is 0 Å². The van der Waals surface area contributed by atoms with Crippen LogP contribution < -0.4 is 5.32 Å². The fourth-order valence-electron chi connectivity index (χ4n) is 1.76. The first-order valence-corrected chi connectivity index (χ1v) is 5.91. The molecule has 0 radical (unpaired) electrons. The third-order valence-electron chi connectivity index (χ3n) is 2.83. The van der Waals surface area contributed by atoms with Gasteiger partial charge in [0, 0.05) is 12.6 Å². The van der Waals surface area contributed by atoms with Gasteiger partial charge in [-0.2, -0.15) is 5.26 Å². The smallest absolute Gasteiger partial charge is 0.321 e. The molecule has 1 N–H and O–H groups in total. The number of urea groups is 1. The highest BCUT2D eigenvalue weighted by molar-refractivity contribution is 5.89. The minimum absolute atomic E-state index is 0.171. The standard InChI is InChI=1S/C13H14FN3O/c14-11-4-1-2-5-12(11)16-13(18)17(9-3-8-15)10-6-7-10/h1-2,4-5,10H,3,6-7,9H2,(H,16,18). The number of para-hydroxylation sites is 1. The van der Waals surface area contributed by atoms with E-state index in [1.807, 2.05) is 6.07 Å². The van der Waals surface area contributed by atoms with Crippen molar-refractivity contribution in [3.8, 4) is 6.07 Å². The molecule has 2 amide bonds. The summed E-state index contributed by atoms with van der Waals surface area (Å²) in [7, 11) is 0. The highest BCUT2D eigenvalue weighted by Crippen LogP contribution is 2.27. The van der Waals surface area contributed by atoms with E-state index in [1.54, 1.807) is 17.0 Å². The molecule has 2 rings (SSSR count). The summed E-state index contributed by atoms with van der Waals surface area (Å²) in [4.78, 5) is 13.6. The molecule has 1 saturated carbocycles. The maximum absolute atomic E-state index is 13.4. The average Bonchev–Trinajstić information content (AvgIpc) is 3.17. The van der Waals surface area contributed by atoms with Crippen molar-refractivity contribution in [1.82, 2.24) is 4.90 Å². The van der Waals surface area contributed by atoms with E-state index in [2.05, 4.69) is 5.32 Å². The molecule has 1 aliphatic carbocycles. The summed E-state index contributed by atoms with van der Waals surface area (Å²) in [5.41, 5.74) is 0.171. The van der Waals surface area contributed by atoms with Gasteiger partial charge in [0.1, 0.15) is 5.82 Å². The van der Waals surface area contributed by atoms with E-state index < -0.39 is 5.82 Å². The maximum Gasteiger partial charge on any atom is 0.322 e. The molecule has 0 heterocycles. The van der Waals surface area contributed by atoms with Gasteiger partial charge in [-0.05, 0) is 25.0 Å². The molecule has 1 aliphatic rings. The van der Waals surface area contributed by atoms with E-state index >= 15 is 0 Å². The van der Waals surface area contributed by atoms with Crippen molar-refractivity contribution in [3.05, 3.63) is 30.1 Å². The van der Waals surface area contributed by atoms with Crippen LogP contribution in [0.25, 0.3) is 0 Å². The monoisotopic (exact) mass is 247 g/mol. The molecule has 0 unspecified atom stereocenters.